The Bertz CT molecular complexity index is 821. The van der Waals surface area contributed by atoms with Crippen molar-refractivity contribution in [3.63, 3.8) is 0 Å². The summed E-state index contributed by atoms with van der Waals surface area (Å²) in [6.45, 7) is 2.86. The second-order valence-corrected chi connectivity index (χ2v) is 8.37. The first-order valence-electron chi connectivity index (χ1n) is 7.92. The van der Waals surface area contributed by atoms with Crippen LogP contribution in [0.15, 0.2) is 12.2 Å². The first-order valence-corrected chi connectivity index (χ1v) is 9.33. The van der Waals surface area contributed by atoms with Crippen LogP contribution in [0.2, 0.25) is 0 Å². The van der Waals surface area contributed by atoms with Gasteiger partial charge in [0.25, 0.3) is 0 Å². The van der Waals surface area contributed by atoms with Gasteiger partial charge >= 0.3 is 23.2 Å². The molecule has 2 aliphatic carbocycles. The molecule has 2 saturated carbocycles. The molecule has 3 aliphatic rings. The van der Waals surface area contributed by atoms with Crippen molar-refractivity contribution in [2.45, 2.75) is 30.8 Å². The highest BCUT2D eigenvalue weighted by molar-refractivity contribution is 7.86. The molecule has 0 amide bonds. The maximum absolute atomic E-state index is 13.2. The zero-order valence-corrected chi connectivity index (χ0v) is 14.7. The van der Waals surface area contributed by atoms with Gasteiger partial charge in [0.2, 0.25) is 0 Å². The summed E-state index contributed by atoms with van der Waals surface area (Å²) >= 11 is 0. The summed E-state index contributed by atoms with van der Waals surface area (Å²) in [5, 5.41) is -4.80. The number of alkyl halides is 2. The Hall–Kier alpha value is -2.08. The molecule has 0 aromatic heterocycles. The van der Waals surface area contributed by atoms with Crippen molar-refractivity contribution < 1.29 is 50.3 Å². The number of halogens is 2. The maximum Gasteiger partial charge on any atom is 0.367 e. The van der Waals surface area contributed by atoms with Gasteiger partial charge in [-0.1, -0.05) is 6.58 Å². The van der Waals surface area contributed by atoms with E-state index in [2.05, 4.69) is 11.3 Å². The molecule has 27 heavy (non-hydrogen) atoms. The van der Waals surface area contributed by atoms with Crippen LogP contribution in [-0.2, 0) is 38.7 Å². The number of rotatable bonds is 6. The second-order valence-electron chi connectivity index (χ2n) is 6.87. The zero-order valence-electron chi connectivity index (χ0n) is 13.9. The van der Waals surface area contributed by atoms with E-state index in [-0.39, 0.29) is 12.0 Å². The molecule has 2 bridgehead atoms. The highest BCUT2D eigenvalue weighted by Crippen LogP contribution is 2.59. The highest BCUT2D eigenvalue weighted by atomic mass is 32.2. The molecule has 0 aromatic carbocycles. The van der Waals surface area contributed by atoms with Gasteiger partial charge in [-0.15, -0.1) is 0 Å². The fourth-order valence-electron chi connectivity index (χ4n) is 4.02. The number of carbonyl (C=O) groups is 3. The molecule has 1 aliphatic heterocycles. The van der Waals surface area contributed by atoms with E-state index in [1.807, 2.05) is 0 Å². The predicted octanol–water partition coefficient (Wildman–Crippen LogP) is -0.0370. The molecule has 12 heteroatoms. The molecular formula is C15H15F2O9S-. The van der Waals surface area contributed by atoms with Crippen LogP contribution >= 0.6 is 0 Å². The van der Waals surface area contributed by atoms with Gasteiger partial charge in [0.15, 0.2) is 16.7 Å². The largest absolute Gasteiger partial charge is 0.743 e. The van der Waals surface area contributed by atoms with Gasteiger partial charge in [0.05, 0.1) is 11.8 Å². The van der Waals surface area contributed by atoms with Gasteiger partial charge in [-0.05, 0) is 13.3 Å². The molecule has 6 atom stereocenters. The Kier molecular flexibility index (Phi) is 4.54. The van der Waals surface area contributed by atoms with Gasteiger partial charge in [-0.25, -0.2) is 13.2 Å². The van der Waals surface area contributed by atoms with E-state index in [0.29, 0.717) is 0 Å². The average Bonchev–Trinajstić information content (AvgIpc) is 3.14. The van der Waals surface area contributed by atoms with E-state index in [1.54, 1.807) is 0 Å². The summed E-state index contributed by atoms with van der Waals surface area (Å²) in [5.41, 5.74) is 0.0815. The Morgan fingerprint density at radius 2 is 2.00 bits per heavy atom. The Labute approximate surface area is 152 Å². The summed E-state index contributed by atoms with van der Waals surface area (Å²) in [6.07, 6.45) is -1.45. The van der Waals surface area contributed by atoms with Crippen molar-refractivity contribution in [3.05, 3.63) is 12.2 Å². The third-order valence-corrected chi connectivity index (χ3v) is 6.01. The molecule has 6 unspecified atom stereocenters. The number of fused-ring (bicyclic) bond motifs is 1. The number of ether oxygens (including phenoxy) is 3. The van der Waals surface area contributed by atoms with Crippen LogP contribution in [0.5, 0.6) is 0 Å². The van der Waals surface area contributed by atoms with Crippen molar-refractivity contribution in [1.29, 1.82) is 0 Å². The minimum absolute atomic E-state index is 0.0815. The van der Waals surface area contributed by atoms with Crippen molar-refractivity contribution >= 4 is 28.0 Å². The topological polar surface area (TPSA) is 136 Å². The lowest BCUT2D eigenvalue weighted by molar-refractivity contribution is -0.165. The van der Waals surface area contributed by atoms with Crippen molar-refractivity contribution in [3.8, 4) is 0 Å². The minimum atomic E-state index is -6.02. The summed E-state index contributed by atoms with van der Waals surface area (Å²) in [5.74, 6) is -6.14. The summed E-state index contributed by atoms with van der Waals surface area (Å²) in [7, 11) is -6.02. The molecule has 150 valence electrons. The smallest absolute Gasteiger partial charge is 0.367 e. The highest BCUT2D eigenvalue weighted by Gasteiger charge is 2.70. The van der Waals surface area contributed by atoms with Gasteiger partial charge < -0.3 is 18.8 Å². The van der Waals surface area contributed by atoms with Crippen LogP contribution < -0.4 is 0 Å². The quantitative estimate of drug-likeness (QED) is 0.256. The van der Waals surface area contributed by atoms with Crippen LogP contribution in [-0.4, -0.2) is 54.9 Å². The van der Waals surface area contributed by atoms with Gasteiger partial charge in [0, 0.05) is 17.4 Å². The fourth-order valence-corrected chi connectivity index (χ4v) is 4.22. The van der Waals surface area contributed by atoms with Crippen molar-refractivity contribution in [1.82, 2.24) is 0 Å². The summed E-state index contributed by atoms with van der Waals surface area (Å²) in [6, 6.07) is 0. The third-order valence-electron chi connectivity index (χ3n) is 5.16. The third kappa shape index (κ3) is 3.10. The van der Waals surface area contributed by atoms with Crippen LogP contribution in [0, 0.1) is 23.7 Å². The molecule has 1 heterocycles. The average molecular weight is 409 g/mol. The van der Waals surface area contributed by atoms with Gasteiger partial charge in [-0.2, -0.15) is 8.78 Å². The molecule has 0 spiro atoms. The second kappa shape index (κ2) is 6.23. The number of hydrogen-bond donors (Lipinski definition) is 0. The first-order chi connectivity index (χ1) is 12.3. The first kappa shape index (κ1) is 19.7. The van der Waals surface area contributed by atoms with Gasteiger partial charge in [-0.3, -0.25) is 9.59 Å². The minimum Gasteiger partial charge on any atom is -0.743 e. The van der Waals surface area contributed by atoms with Gasteiger partial charge in [0.1, 0.15) is 12.2 Å². The van der Waals surface area contributed by atoms with E-state index < -0.39 is 75.8 Å². The molecule has 3 rings (SSSR count). The van der Waals surface area contributed by atoms with Crippen LogP contribution in [0.1, 0.15) is 13.3 Å². The number of hydrogen-bond acceptors (Lipinski definition) is 9. The van der Waals surface area contributed by atoms with Crippen molar-refractivity contribution in [2.75, 3.05) is 6.61 Å². The number of carbonyl (C=O) groups excluding carboxylic acids is 3. The van der Waals surface area contributed by atoms with E-state index in [4.69, 9.17) is 9.47 Å². The molecular weight excluding hydrogens is 394 g/mol. The summed E-state index contributed by atoms with van der Waals surface area (Å²) < 4.78 is 72.7. The lowest BCUT2D eigenvalue weighted by Gasteiger charge is -2.30. The number of esters is 3. The molecule has 1 saturated heterocycles. The molecule has 0 radical (unpaired) electrons. The Morgan fingerprint density at radius 1 is 1.37 bits per heavy atom. The zero-order chi connectivity index (χ0) is 20.3. The molecule has 0 aromatic rings. The monoisotopic (exact) mass is 409 g/mol. The standard InChI is InChI=1S/C15H16F2O9S/c1-5(2)12(18)25-10-6-3-7-9(14(20)26-11(7)10)8(6)13(19)24-4-15(16,17)27(21,22)23/h6-11H,1,3-4H2,2H3,(H,21,22,23)/p-1. The lowest BCUT2D eigenvalue weighted by Crippen LogP contribution is -2.45. The molecule has 3 fully saturated rings. The van der Waals surface area contributed by atoms with Crippen LogP contribution in [0.3, 0.4) is 0 Å². The molecule has 9 nitrogen and oxygen atoms in total. The normalized spacial score (nSPS) is 34.3. The van der Waals surface area contributed by atoms with Crippen molar-refractivity contribution in [2.24, 2.45) is 23.7 Å². The van der Waals surface area contributed by atoms with Crippen LogP contribution in [0.25, 0.3) is 0 Å². The van der Waals surface area contributed by atoms with E-state index in [1.165, 1.54) is 6.92 Å². The van der Waals surface area contributed by atoms with Crippen LogP contribution in [0.4, 0.5) is 8.78 Å². The van der Waals surface area contributed by atoms with E-state index in [9.17, 15) is 36.1 Å². The predicted molar refractivity (Wildman–Crippen MR) is 78.8 cm³/mol. The van der Waals surface area contributed by atoms with E-state index >= 15 is 0 Å². The maximum atomic E-state index is 13.2. The SMILES string of the molecule is C=C(C)C(=O)OC1C2CC3C1OC(=O)C3C2C(=O)OCC(F)(F)S(=O)(=O)[O-]. The Balaban J connectivity index is 1.77. The lowest BCUT2D eigenvalue weighted by atomic mass is 9.78. The summed E-state index contributed by atoms with van der Waals surface area (Å²) in [4.78, 5) is 36.1. The molecule has 0 N–H and O–H groups in total. The fraction of sp³-hybridized carbons (Fsp3) is 0.667. The van der Waals surface area contributed by atoms with E-state index in [0.717, 1.165) is 0 Å². The Morgan fingerprint density at radius 3 is 2.56 bits per heavy atom.